The molecule has 94 valence electrons. The highest BCUT2D eigenvalue weighted by molar-refractivity contribution is 5.93. The highest BCUT2D eigenvalue weighted by Gasteiger charge is 2.09. The van der Waals surface area contributed by atoms with Crippen LogP contribution in [0.3, 0.4) is 0 Å². The van der Waals surface area contributed by atoms with Crippen LogP contribution in [0.1, 0.15) is 18.4 Å². The van der Waals surface area contributed by atoms with Crippen molar-refractivity contribution in [1.82, 2.24) is 0 Å². The van der Waals surface area contributed by atoms with Crippen LogP contribution in [0.25, 0.3) is 0 Å². The van der Waals surface area contributed by atoms with E-state index in [-0.39, 0.29) is 12.8 Å². The largest absolute Gasteiger partial charge is 0.495 e. The zero-order valence-corrected chi connectivity index (χ0v) is 9.77. The first-order valence-electron chi connectivity index (χ1n) is 5.16. The Morgan fingerprint density at radius 2 is 2.17 bits per heavy atom. The van der Waals surface area contributed by atoms with Gasteiger partial charge in [0.05, 0.1) is 30.9 Å². The highest BCUT2D eigenvalue weighted by Crippen LogP contribution is 2.25. The molecule has 2 N–H and O–H groups in total. The van der Waals surface area contributed by atoms with Gasteiger partial charge in [-0.05, 0) is 12.1 Å². The van der Waals surface area contributed by atoms with Crippen LogP contribution in [-0.4, -0.2) is 24.1 Å². The van der Waals surface area contributed by atoms with Crippen LogP contribution in [0.5, 0.6) is 5.75 Å². The summed E-state index contributed by atoms with van der Waals surface area (Å²) in [5, 5.41) is 19.7. The summed E-state index contributed by atoms with van der Waals surface area (Å²) in [6.45, 7) is 0. The van der Waals surface area contributed by atoms with Gasteiger partial charge in [0.2, 0.25) is 5.91 Å². The molecule has 0 aliphatic rings. The van der Waals surface area contributed by atoms with Crippen LogP contribution in [0.4, 0.5) is 5.69 Å². The lowest BCUT2D eigenvalue weighted by molar-refractivity contribution is -0.138. The summed E-state index contributed by atoms with van der Waals surface area (Å²) in [6, 6.07) is 6.52. The Labute approximate surface area is 104 Å². The summed E-state index contributed by atoms with van der Waals surface area (Å²) in [5.41, 5.74) is 0.822. The van der Waals surface area contributed by atoms with Crippen molar-refractivity contribution in [2.24, 2.45) is 0 Å². The third-order valence-electron chi connectivity index (χ3n) is 2.17. The zero-order chi connectivity index (χ0) is 13.5. The van der Waals surface area contributed by atoms with Crippen molar-refractivity contribution in [2.75, 3.05) is 12.4 Å². The number of ether oxygens (including phenoxy) is 1. The summed E-state index contributed by atoms with van der Waals surface area (Å²) in [6.07, 6.45) is -0.344. The quantitative estimate of drug-likeness (QED) is 0.819. The van der Waals surface area contributed by atoms with Gasteiger partial charge >= 0.3 is 5.97 Å². The number of amides is 1. The number of nitrogens with one attached hydrogen (secondary N) is 1. The number of nitriles is 1. The van der Waals surface area contributed by atoms with E-state index in [1.54, 1.807) is 0 Å². The van der Waals surface area contributed by atoms with Gasteiger partial charge in [-0.25, -0.2) is 0 Å². The fourth-order valence-corrected chi connectivity index (χ4v) is 1.30. The van der Waals surface area contributed by atoms with Crippen LogP contribution in [0.15, 0.2) is 18.2 Å². The average molecular weight is 248 g/mol. The third kappa shape index (κ3) is 3.79. The molecule has 6 nitrogen and oxygen atoms in total. The fraction of sp³-hybridized carbons (Fsp3) is 0.250. The number of rotatable bonds is 5. The van der Waals surface area contributed by atoms with Crippen molar-refractivity contribution in [1.29, 1.82) is 5.26 Å². The molecule has 0 saturated heterocycles. The van der Waals surface area contributed by atoms with Gasteiger partial charge in [0, 0.05) is 12.5 Å². The lowest BCUT2D eigenvalue weighted by Gasteiger charge is -2.09. The smallest absolute Gasteiger partial charge is 0.303 e. The predicted molar refractivity (Wildman–Crippen MR) is 63.2 cm³/mol. The van der Waals surface area contributed by atoms with Gasteiger partial charge < -0.3 is 15.2 Å². The van der Waals surface area contributed by atoms with E-state index in [0.717, 1.165) is 0 Å². The van der Waals surface area contributed by atoms with Gasteiger partial charge in [0.15, 0.2) is 0 Å². The number of carbonyl (C=O) groups excluding carboxylic acids is 1. The summed E-state index contributed by atoms with van der Waals surface area (Å²) in [4.78, 5) is 21.8. The Bertz CT molecular complexity index is 505. The monoisotopic (exact) mass is 248 g/mol. The number of carbonyl (C=O) groups is 2. The van der Waals surface area contributed by atoms with E-state index in [1.807, 2.05) is 6.07 Å². The van der Waals surface area contributed by atoms with E-state index in [1.165, 1.54) is 25.3 Å². The molecule has 0 aliphatic carbocycles. The fourth-order valence-electron chi connectivity index (χ4n) is 1.30. The van der Waals surface area contributed by atoms with Gasteiger partial charge in [-0.1, -0.05) is 0 Å². The number of hydrogen-bond donors (Lipinski definition) is 2. The minimum absolute atomic E-state index is 0.113. The molecule has 0 aliphatic heterocycles. The molecule has 18 heavy (non-hydrogen) atoms. The topological polar surface area (TPSA) is 99.4 Å². The van der Waals surface area contributed by atoms with Crippen molar-refractivity contribution in [3.63, 3.8) is 0 Å². The van der Waals surface area contributed by atoms with Gasteiger partial charge in [0.1, 0.15) is 5.75 Å². The van der Waals surface area contributed by atoms with Crippen LogP contribution >= 0.6 is 0 Å². The number of benzene rings is 1. The first-order chi connectivity index (χ1) is 8.56. The maximum absolute atomic E-state index is 11.4. The third-order valence-corrected chi connectivity index (χ3v) is 2.17. The normalized spacial score (nSPS) is 9.33. The first kappa shape index (κ1) is 13.5. The molecule has 0 unspecified atom stereocenters. The maximum Gasteiger partial charge on any atom is 0.303 e. The number of nitrogens with zero attached hydrogens (tertiary/aromatic N) is 1. The van der Waals surface area contributed by atoms with Crippen molar-refractivity contribution in [3.05, 3.63) is 23.8 Å². The molecule has 0 saturated carbocycles. The molecule has 1 amide bonds. The number of methoxy groups -OCH3 is 1. The predicted octanol–water partition coefficient (Wildman–Crippen LogP) is 1.37. The standard InChI is InChI=1S/C12H12N2O4/c1-18-10-6-8(7-13)2-3-9(10)14-11(15)4-5-12(16)17/h2-3,6H,4-5H2,1H3,(H,14,15)(H,16,17). The molecule has 0 atom stereocenters. The van der Waals surface area contributed by atoms with Crippen molar-refractivity contribution in [2.45, 2.75) is 12.8 Å². The second-order valence-electron chi connectivity index (χ2n) is 3.47. The zero-order valence-electron chi connectivity index (χ0n) is 9.77. The van der Waals surface area contributed by atoms with Gasteiger partial charge in [-0.2, -0.15) is 5.26 Å². The first-order valence-corrected chi connectivity index (χ1v) is 5.16. The lowest BCUT2D eigenvalue weighted by Crippen LogP contribution is -2.13. The van der Waals surface area contributed by atoms with E-state index >= 15 is 0 Å². The molecule has 0 spiro atoms. The maximum atomic E-state index is 11.4. The van der Waals surface area contributed by atoms with Crippen molar-refractivity contribution in [3.8, 4) is 11.8 Å². The highest BCUT2D eigenvalue weighted by atomic mass is 16.5. The molecule has 0 heterocycles. The molecule has 0 fully saturated rings. The van der Waals surface area contributed by atoms with E-state index in [2.05, 4.69) is 5.32 Å². The van der Waals surface area contributed by atoms with Crippen LogP contribution in [-0.2, 0) is 9.59 Å². The van der Waals surface area contributed by atoms with E-state index in [4.69, 9.17) is 15.1 Å². The van der Waals surface area contributed by atoms with E-state index in [0.29, 0.717) is 17.0 Å². The van der Waals surface area contributed by atoms with E-state index < -0.39 is 11.9 Å². The minimum atomic E-state index is -1.03. The number of carboxylic acids is 1. The summed E-state index contributed by atoms with van der Waals surface area (Å²) < 4.78 is 5.03. The Balaban J connectivity index is 2.75. The van der Waals surface area contributed by atoms with Crippen LogP contribution < -0.4 is 10.1 Å². The molecule has 1 aromatic carbocycles. The average Bonchev–Trinajstić information content (AvgIpc) is 2.36. The number of hydrogen-bond acceptors (Lipinski definition) is 4. The summed E-state index contributed by atoms with van der Waals surface area (Å²) >= 11 is 0. The molecule has 0 bridgehead atoms. The van der Waals surface area contributed by atoms with Gasteiger partial charge in [-0.15, -0.1) is 0 Å². The van der Waals surface area contributed by atoms with Crippen molar-refractivity contribution >= 4 is 17.6 Å². The molecular weight excluding hydrogens is 236 g/mol. The van der Waals surface area contributed by atoms with Crippen LogP contribution in [0, 0.1) is 11.3 Å². The Morgan fingerprint density at radius 1 is 1.44 bits per heavy atom. The lowest BCUT2D eigenvalue weighted by atomic mass is 10.2. The minimum Gasteiger partial charge on any atom is -0.495 e. The Hall–Kier alpha value is -2.55. The summed E-state index contributed by atoms with van der Waals surface area (Å²) in [7, 11) is 1.42. The van der Waals surface area contributed by atoms with Gasteiger partial charge in [-0.3, -0.25) is 9.59 Å². The van der Waals surface area contributed by atoms with Crippen molar-refractivity contribution < 1.29 is 19.4 Å². The number of carboxylic acid groups (broad SMARTS) is 1. The molecule has 1 rings (SSSR count). The summed E-state index contributed by atoms with van der Waals surface area (Å²) in [5.74, 6) is -1.09. The Morgan fingerprint density at radius 3 is 2.72 bits per heavy atom. The second-order valence-corrected chi connectivity index (χ2v) is 3.47. The van der Waals surface area contributed by atoms with Gasteiger partial charge in [0.25, 0.3) is 0 Å². The molecular formula is C12H12N2O4. The second kappa shape index (κ2) is 6.25. The number of anilines is 1. The Kier molecular flexibility index (Phi) is 4.69. The molecule has 6 heteroatoms. The van der Waals surface area contributed by atoms with E-state index in [9.17, 15) is 9.59 Å². The van der Waals surface area contributed by atoms with Crippen LogP contribution in [0.2, 0.25) is 0 Å². The molecule has 0 aromatic heterocycles. The number of aliphatic carboxylic acids is 1. The SMILES string of the molecule is COc1cc(C#N)ccc1NC(=O)CCC(=O)O. The molecule has 1 aromatic rings. The molecule has 0 radical (unpaired) electrons.